The van der Waals surface area contributed by atoms with Gasteiger partial charge >= 0.3 is 5.97 Å². The van der Waals surface area contributed by atoms with Crippen LogP contribution >= 0.6 is 0 Å². The van der Waals surface area contributed by atoms with Crippen LogP contribution in [-0.4, -0.2) is 17.4 Å². The summed E-state index contributed by atoms with van der Waals surface area (Å²) in [4.78, 5) is 12.0. The average Bonchev–Trinajstić information content (AvgIpc) is 2.65. The first-order valence-electron chi connectivity index (χ1n) is 8.85. The second-order valence-electron chi connectivity index (χ2n) is 6.01. The van der Waals surface area contributed by atoms with Crippen molar-refractivity contribution in [1.82, 2.24) is 0 Å². The molecule has 4 heteroatoms. The number of benzene rings is 2. The van der Waals surface area contributed by atoms with Crippen LogP contribution in [0.5, 0.6) is 5.75 Å². The third kappa shape index (κ3) is 6.98. The van der Waals surface area contributed by atoms with Crippen LogP contribution in [0.1, 0.15) is 54.9 Å². The Kier molecular flexibility index (Phi) is 7.99. The first-order valence-corrected chi connectivity index (χ1v) is 8.85. The predicted octanol–water partition coefficient (Wildman–Crippen LogP) is 4.71. The number of esters is 1. The molecule has 0 saturated heterocycles. The molecule has 0 bridgehead atoms. The lowest BCUT2D eigenvalue weighted by molar-refractivity contribution is -0.0694. The van der Waals surface area contributed by atoms with E-state index in [0.717, 1.165) is 31.2 Å². The number of carbonyl (C=O) groups excluding carboxylic acids is 1. The molecule has 0 spiro atoms. The Morgan fingerprint density at radius 1 is 1.00 bits per heavy atom. The fraction of sp³-hybridized carbons (Fsp3) is 0.381. The maximum atomic E-state index is 12.0. The maximum absolute atomic E-state index is 12.0. The van der Waals surface area contributed by atoms with Crippen molar-refractivity contribution in [2.24, 2.45) is 0 Å². The summed E-state index contributed by atoms with van der Waals surface area (Å²) in [6.07, 6.45) is 3.59. The Morgan fingerprint density at radius 2 is 1.72 bits per heavy atom. The van der Waals surface area contributed by atoms with Crippen molar-refractivity contribution in [2.75, 3.05) is 0 Å². The van der Waals surface area contributed by atoms with Gasteiger partial charge in [-0.25, -0.2) is 4.79 Å². The largest absolute Gasteiger partial charge is 0.489 e. The highest BCUT2D eigenvalue weighted by atomic mass is 16.6. The number of rotatable bonds is 10. The van der Waals surface area contributed by atoms with Gasteiger partial charge in [0.1, 0.15) is 12.4 Å². The van der Waals surface area contributed by atoms with Gasteiger partial charge in [-0.15, -0.1) is 0 Å². The Labute approximate surface area is 149 Å². The quantitative estimate of drug-likeness (QED) is 0.386. The zero-order chi connectivity index (χ0) is 17.9. The average molecular weight is 342 g/mol. The van der Waals surface area contributed by atoms with E-state index in [-0.39, 0.29) is 0 Å². The second-order valence-corrected chi connectivity index (χ2v) is 6.01. The number of ether oxygens (including phenoxy) is 2. The topological polar surface area (TPSA) is 55.8 Å². The van der Waals surface area contributed by atoms with Crippen molar-refractivity contribution < 1.29 is 19.4 Å². The Hall–Kier alpha value is -2.33. The number of hydrogen-bond donors (Lipinski definition) is 1. The van der Waals surface area contributed by atoms with E-state index >= 15 is 0 Å². The van der Waals surface area contributed by atoms with Crippen LogP contribution in [0.4, 0.5) is 0 Å². The molecule has 0 aliphatic rings. The van der Waals surface area contributed by atoms with Gasteiger partial charge in [0.25, 0.3) is 0 Å². The third-order valence-corrected chi connectivity index (χ3v) is 3.89. The highest BCUT2D eigenvalue weighted by Gasteiger charge is 2.13. The molecular weight excluding hydrogens is 316 g/mol. The molecule has 0 saturated carbocycles. The van der Waals surface area contributed by atoms with Crippen molar-refractivity contribution in [3.63, 3.8) is 0 Å². The van der Waals surface area contributed by atoms with Crippen LogP contribution in [0, 0.1) is 0 Å². The molecule has 1 N–H and O–H groups in total. The number of aliphatic hydroxyl groups excluding tert-OH is 1. The summed E-state index contributed by atoms with van der Waals surface area (Å²) in [7, 11) is 0. The van der Waals surface area contributed by atoms with Gasteiger partial charge in [0.05, 0.1) is 5.56 Å². The molecule has 25 heavy (non-hydrogen) atoms. The van der Waals surface area contributed by atoms with E-state index in [2.05, 4.69) is 6.92 Å². The van der Waals surface area contributed by atoms with Crippen molar-refractivity contribution in [1.29, 1.82) is 0 Å². The van der Waals surface area contributed by atoms with Gasteiger partial charge in [0.15, 0.2) is 0 Å². The van der Waals surface area contributed by atoms with Gasteiger partial charge in [0.2, 0.25) is 6.29 Å². The number of aliphatic hydroxyl groups is 1. The summed E-state index contributed by atoms with van der Waals surface area (Å²) >= 11 is 0. The molecule has 1 unspecified atom stereocenters. The van der Waals surface area contributed by atoms with Gasteiger partial charge in [-0.05, 0) is 36.2 Å². The Balaban J connectivity index is 1.77. The zero-order valence-corrected chi connectivity index (χ0v) is 14.7. The minimum atomic E-state index is -1.04. The third-order valence-electron chi connectivity index (χ3n) is 3.89. The zero-order valence-electron chi connectivity index (χ0n) is 14.7. The van der Waals surface area contributed by atoms with Gasteiger partial charge in [-0.3, -0.25) is 0 Å². The van der Waals surface area contributed by atoms with Crippen LogP contribution in [0.3, 0.4) is 0 Å². The van der Waals surface area contributed by atoms with E-state index in [1.165, 1.54) is 0 Å². The molecule has 2 aromatic rings. The molecule has 0 aliphatic carbocycles. The van der Waals surface area contributed by atoms with Crippen LogP contribution < -0.4 is 4.74 Å². The fourth-order valence-corrected chi connectivity index (χ4v) is 2.42. The van der Waals surface area contributed by atoms with E-state index < -0.39 is 12.3 Å². The second kappa shape index (κ2) is 10.5. The smallest absolute Gasteiger partial charge is 0.340 e. The van der Waals surface area contributed by atoms with E-state index in [1.54, 1.807) is 24.3 Å². The molecule has 1 atom stereocenters. The van der Waals surface area contributed by atoms with Crippen LogP contribution in [0.2, 0.25) is 0 Å². The van der Waals surface area contributed by atoms with Crippen molar-refractivity contribution in [2.45, 2.75) is 51.9 Å². The Morgan fingerprint density at radius 3 is 2.40 bits per heavy atom. The van der Waals surface area contributed by atoms with Gasteiger partial charge in [-0.2, -0.15) is 0 Å². The lowest BCUT2D eigenvalue weighted by Crippen LogP contribution is -2.17. The van der Waals surface area contributed by atoms with Gasteiger partial charge < -0.3 is 14.6 Å². The summed E-state index contributed by atoms with van der Waals surface area (Å²) in [5, 5.41) is 9.78. The SMILES string of the molecule is CCCCCCC(O)OC(=O)c1ccc(OCc2ccccc2)cc1. The number of unbranched alkanes of at least 4 members (excludes halogenated alkanes) is 3. The molecule has 2 aromatic carbocycles. The standard InChI is InChI=1S/C21H26O4/c1-2-3-4-8-11-20(22)25-21(23)18-12-14-19(15-13-18)24-16-17-9-6-5-7-10-17/h5-7,9-10,12-15,20,22H,2-4,8,11,16H2,1H3. The predicted molar refractivity (Wildman–Crippen MR) is 97.4 cm³/mol. The molecule has 0 aliphatic heterocycles. The fourth-order valence-electron chi connectivity index (χ4n) is 2.42. The van der Waals surface area contributed by atoms with E-state index in [9.17, 15) is 9.90 Å². The first kappa shape index (κ1) is 19.0. The summed E-state index contributed by atoms with van der Waals surface area (Å²) in [6, 6.07) is 16.6. The van der Waals surface area contributed by atoms with Gasteiger partial charge in [0, 0.05) is 6.42 Å². The summed E-state index contributed by atoms with van der Waals surface area (Å²) in [5.41, 5.74) is 1.48. The molecular formula is C21H26O4. The molecule has 0 amide bonds. The molecule has 0 heterocycles. The molecule has 0 aromatic heterocycles. The lowest BCUT2D eigenvalue weighted by atomic mass is 10.1. The molecule has 4 nitrogen and oxygen atoms in total. The highest BCUT2D eigenvalue weighted by molar-refractivity contribution is 5.89. The Bertz CT molecular complexity index is 622. The first-order chi connectivity index (χ1) is 12.2. The summed E-state index contributed by atoms with van der Waals surface area (Å²) in [6.45, 7) is 2.60. The van der Waals surface area contributed by atoms with Gasteiger partial charge in [-0.1, -0.05) is 56.5 Å². The van der Waals surface area contributed by atoms with Crippen molar-refractivity contribution >= 4 is 5.97 Å². The van der Waals surface area contributed by atoms with E-state index in [1.807, 2.05) is 30.3 Å². The normalized spacial score (nSPS) is 11.8. The van der Waals surface area contributed by atoms with Crippen molar-refractivity contribution in [3.8, 4) is 5.75 Å². The number of hydrogen-bond acceptors (Lipinski definition) is 4. The van der Waals surface area contributed by atoms with Crippen LogP contribution in [0.25, 0.3) is 0 Å². The molecule has 0 radical (unpaired) electrons. The molecule has 134 valence electrons. The summed E-state index contributed by atoms with van der Waals surface area (Å²) in [5.74, 6) is 0.165. The summed E-state index contributed by atoms with van der Waals surface area (Å²) < 4.78 is 10.7. The maximum Gasteiger partial charge on any atom is 0.340 e. The van der Waals surface area contributed by atoms with E-state index in [4.69, 9.17) is 9.47 Å². The number of carbonyl (C=O) groups is 1. The lowest BCUT2D eigenvalue weighted by Gasteiger charge is -2.12. The van der Waals surface area contributed by atoms with Crippen molar-refractivity contribution in [3.05, 3.63) is 65.7 Å². The van der Waals surface area contributed by atoms with E-state index in [0.29, 0.717) is 24.3 Å². The minimum absolute atomic E-state index is 0.402. The molecule has 2 rings (SSSR count). The van der Waals surface area contributed by atoms with Crippen LogP contribution in [-0.2, 0) is 11.3 Å². The van der Waals surface area contributed by atoms with Crippen LogP contribution in [0.15, 0.2) is 54.6 Å². The highest BCUT2D eigenvalue weighted by Crippen LogP contribution is 2.16. The minimum Gasteiger partial charge on any atom is -0.489 e. The monoisotopic (exact) mass is 342 g/mol. The molecule has 0 fully saturated rings.